The van der Waals surface area contributed by atoms with E-state index in [1.54, 1.807) is 43.3 Å². The molecule has 3 rings (SSSR count). The van der Waals surface area contributed by atoms with E-state index in [1.165, 1.54) is 17.1 Å². The maximum Gasteiger partial charge on any atom is 1.00 e. The summed E-state index contributed by atoms with van der Waals surface area (Å²) < 4.78 is 0. The molecule has 1 aliphatic heterocycles. The first-order chi connectivity index (χ1) is 12.0. The summed E-state index contributed by atoms with van der Waals surface area (Å²) in [4.78, 5) is 23.7. The summed E-state index contributed by atoms with van der Waals surface area (Å²) in [6.07, 6.45) is 0. The zero-order valence-corrected chi connectivity index (χ0v) is 16.8. The van der Waals surface area contributed by atoms with Gasteiger partial charge in [0, 0.05) is 5.56 Å². The average Bonchev–Trinajstić information content (AvgIpc) is 2.88. The number of aromatic carboxylic acids is 1. The molecule has 0 aliphatic carbocycles. The zero-order valence-electron chi connectivity index (χ0n) is 14.1. The third-order valence-corrected chi connectivity index (χ3v) is 3.90. The SMILES string of the molecule is CC1=NN(c2ccccc2Cl)C(=O)C1N=Nc1ccccc1C(=O)[O-].[Na+]. The maximum absolute atomic E-state index is 12.6. The van der Waals surface area contributed by atoms with Crippen molar-refractivity contribution in [3.8, 4) is 0 Å². The van der Waals surface area contributed by atoms with Crippen molar-refractivity contribution in [3.05, 3.63) is 59.1 Å². The summed E-state index contributed by atoms with van der Waals surface area (Å²) in [5, 5.41) is 24.7. The first-order valence-corrected chi connectivity index (χ1v) is 7.71. The molecule has 0 saturated carbocycles. The molecule has 2 aromatic rings. The van der Waals surface area contributed by atoms with E-state index in [1.807, 2.05) is 0 Å². The first-order valence-electron chi connectivity index (χ1n) is 7.34. The van der Waals surface area contributed by atoms with Crippen LogP contribution in [-0.2, 0) is 4.79 Å². The number of carbonyl (C=O) groups is 2. The number of amides is 1. The van der Waals surface area contributed by atoms with Crippen LogP contribution in [0.25, 0.3) is 0 Å². The molecule has 1 unspecified atom stereocenters. The van der Waals surface area contributed by atoms with Crippen LogP contribution >= 0.6 is 11.6 Å². The Labute approximate surface area is 176 Å². The summed E-state index contributed by atoms with van der Waals surface area (Å²) in [6, 6.07) is 11.9. The summed E-state index contributed by atoms with van der Waals surface area (Å²) in [5.41, 5.74) is 0.884. The Kier molecular flexibility index (Phi) is 6.66. The molecule has 1 heterocycles. The minimum Gasteiger partial charge on any atom is -0.545 e. The Morgan fingerprint density at radius 2 is 1.85 bits per heavy atom. The Morgan fingerprint density at radius 3 is 2.54 bits per heavy atom. The van der Waals surface area contributed by atoms with Crippen molar-refractivity contribution in [2.24, 2.45) is 15.3 Å². The Balaban J connectivity index is 0.00000243. The van der Waals surface area contributed by atoms with E-state index in [4.69, 9.17) is 11.6 Å². The summed E-state index contributed by atoms with van der Waals surface area (Å²) in [7, 11) is 0. The van der Waals surface area contributed by atoms with E-state index in [0.717, 1.165) is 0 Å². The molecule has 9 heteroatoms. The number of azo groups is 1. The molecule has 2 aromatic carbocycles. The van der Waals surface area contributed by atoms with Crippen molar-refractivity contribution >= 4 is 40.6 Å². The second-order valence-corrected chi connectivity index (χ2v) is 5.67. The normalized spacial score (nSPS) is 16.5. The quantitative estimate of drug-likeness (QED) is 0.534. The molecule has 0 saturated heterocycles. The Morgan fingerprint density at radius 1 is 1.19 bits per heavy atom. The molecule has 0 bridgehead atoms. The summed E-state index contributed by atoms with van der Waals surface area (Å²) in [5.74, 6) is -1.78. The number of hydrazone groups is 1. The van der Waals surface area contributed by atoms with Crippen molar-refractivity contribution in [2.75, 3.05) is 5.01 Å². The minimum absolute atomic E-state index is 0. The minimum atomic E-state index is -1.37. The number of hydrogen-bond donors (Lipinski definition) is 0. The molecule has 26 heavy (non-hydrogen) atoms. The van der Waals surface area contributed by atoms with Crippen LogP contribution in [-0.4, -0.2) is 23.6 Å². The molecular weight excluding hydrogens is 367 g/mol. The van der Waals surface area contributed by atoms with Gasteiger partial charge in [-0.15, -0.1) is 0 Å². The van der Waals surface area contributed by atoms with Gasteiger partial charge in [0.15, 0.2) is 6.04 Å². The van der Waals surface area contributed by atoms with Gasteiger partial charge >= 0.3 is 29.6 Å². The van der Waals surface area contributed by atoms with Gasteiger partial charge in [0.05, 0.1) is 28.1 Å². The average molecular weight is 379 g/mol. The standard InChI is InChI=1S/C17H13ClN4O3.Na/c1-10-15(20-19-13-8-4-2-6-11(13)17(24)25)16(23)22(21-10)14-9-5-3-7-12(14)18;/h2-9,15H,1H3,(H,24,25);/q;+1/p-1. The first kappa shape index (κ1) is 20.3. The molecule has 0 spiro atoms. The smallest absolute Gasteiger partial charge is 0.545 e. The molecule has 0 radical (unpaired) electrons. The van der Waals surface area contributed by atoms with E-state index in [-0.39, 0.29) is 40.8 Å². The number of anilines is 1. The fourth-order valence-electron chi connectivity index (χ4n) is 2.34. The van der Waals surface area contributed by atoms with Crippen LogP contribution in [0.2, 0.25) is 5.02 Å². The van der Waals surface area contributed by atoms with E-state index in [9.17, 15) is 14.7 Å². The van der Waals surface area contributed by atoms with Crippen molar-refractivity contribution in [1.82, 2.24) is 0 Å². The van der Waals surface area contributed by atoms with Gasteiger partial charge < -0.3 is 9.90 Å². The van der Waals surface area contributed by atoms with Gasteiger partial charge in [-0.3, -0.25) is 4.79 Å². The molecule has 0 N–H and O–H groups in total. The van der Waals surface area contributed by atoms with Crippen molar-refractivity contribution in [2.45, 2.75) is 13.0 Å². The van der Waals surface area contributed by atoms with Crippen molar-refractivity contribution in [3.63, 3.8) is 0 Å². The molecule has 7 nitrogen and oxygen atoms in total. The molecule has 0 aromatic heterocycles. The van der Waals surface area contributed by atoms with E-state index >= 15 is 0 Å². The third-order valence-electron chi connectivity index (χ3n) is 3.58. The van der Waals surface area contributed by atoms with Gasteiger partial charge in [-0.05, 0) is 25.1 Å². The number of carbonyl (C=O) groups excluding carboxylic acids is 2. The molecular formula is C17H12ClN4NaO3. The second-order valence-electron chi connectivity index (χ2n) is 5.27. The van der Waals surface area contributed by atoms with Crippen LogP contribution in [0.15, 0.2) is 63.9 Å². The fourth-order valence-corrected chi connectivity index (χ4v) is 2.55. The zero-order chi connectivity index (χ0) is 18.0. The number of carboxylic acids is 1. The van der Waals surface area contributed by atoms with E-state index in [2.05, 4.69) is 15.3 Å². The Hall–Kier alpha value is -2.06. The van der Waals surface area contributed by atoms with Gasteiger partial charge in [-0.1, -0.05) is 41.9 Å². The number of nitrogens with zero attached hydrogens (tertiary/aromatic N) is 4. The monoisotopic (exact) mass is 378 g/mol. The van der Waals surface area contributed by atoms with Crippen LogP contribution in [0, 0.1) is 0 Å². The molecule has 1 aliphatic rings. The van der Waals surface area contributed by atoms with Gasteiger partial charge in [0.25, 0.3) is 5.91 Å². The maximum atomic E-state index is 12.6. The Bertz CT molecular complexity index is 916. The van der Waals surface area contributed by atoms with Gasteiger partial charge in [0.1, 0.15) is 0 Å². The number of benzene rings is 2. The number of hydrogen-bond acceptors (Lipinski definition) is 6. The van der Waals surface area contributed by atoms with Gasteiger partial charge in [0.2, 0.25) is 0 Å². The van der Waals surface area contributed by atoms with E-state index in [0.29, 0.717) is 16.4 Å². The number of carboxylic acid groups (broad SMARTS) is 1. The predicted octanol–water partition coefficient (Wildman–Crippen LogP) is -0.418. The number of para-hydroxylation sites is 1. The van der Waals surface area contributed by atoms with Crippen LogP contribution in [0.5, 0.6) is 0 Å². The third kappa shape index (κ3) is 4.02. The second kappa shape index (κ2) is 8.55. The molecule has 0 fully saturated rings. The van der Waals surface area contributed by atoms with Gasteiger partial charge in [-0.2, -0.15) is 20.3 Å². The molecule has 126 valence electrons. The summed E-state index contributed by atoms with van der Waals surface area (Å²) >= 11 is 6.10. The molecule has 1 atom stereocenters. The van der Waals surface area contributed by atoms with Crippen LogP contribution < -0.4 is 39.7 Å². The number of halogens is 1. The van der Waals surface area contributed by atoms with Gasteiger partial charge in [-0.25, -0.2) is 0 Å². The predicted molar refractivity (Wildman–Crippen MR) is 91.1 cm³/mol. The van der Waals surface area contributed by atoms with Crippen LogP contribution in [0.3, 0.4) is 0 Å². The fraction of sp³-hybridized carbons (Fsp3) is 0.118. The van der Waals surface area contributed by atoms with E-state index < -0.39 is 17.9 Å². The van der Waals surface area contributed by atoms with Crippen molar-refractivity contribution in [1.29, 1.82) is 0 Å². The summed E-state index contributed by atoms with van der Waals surface area (Å²) in [6.45, 7) is 1.64. The van der Waals surface area contributed by atoms with Crippen molar-refractivity contribution < 1.29 is 44.3 Å². The largest absolute Gasteiger partial charge is 1.00 e. The topological polar surface area (TPSA) is 97.5 Å². The number of rotatable bonds is 4. The van der Waals surface area contributed by atoms with Crippen LogP contribution in [0.1, 0.15) is 17.3 Å². The molecule has 1 amide bonds. The van der Waals surface area contributed by atoms with Crippen LogP contribution in [0.4, 0.5) is 11.4 Å².